The number of nitrogens with zero attached hydrogens (tertiary/aromatic N) is 3. The number of rotatable bonds is 2. The van der Waals surface area contributed by atoms with Crippen LogP contribution in [-0.2, 0) is 7.05 Å². The first-order valence-electron chi connectivity index (χ1n) is 5.77. The van der Waals surface area contributed by atoms with Crippen molar-refractivity contribution in [3.8, 4) is 17.0 Å². The molecule has 19 heavy (non-hydrogen) atoms. The van der Waals surface area contributed by atoms with Crippen molar-refractivity contribution in [3.63, 3.8) is 0 Å². The van der Waals surface area contributed by atoms with Gasteiger partial charge in [-0.25, -0.2) is 0 Å². The van der Waals surface area contributed by atoms with Gasteiger partial charge in [-0.1, -0.05) is 6.07 Å². The number of aromatic nitrogens is 2. The van der Waals surface area contributed by atoms with Crippen LogP contribution in [0.2, 0.25) is 0 Å². The fourth-order valence-electron chi connectivity index (χ4n) is 2.23. The van der Waals surface area contributed by atoms with E-state index in [-0.39, 0.29) is 11.6 Å². The minimum Gasteiger partial charge on any atom is -0.493 e. The van der Waals surface area contributed by atoms with E-state index < -0.39 is 0 Å². The van der Waals surface area contributed by atoms with Crippen LogP contribution in [0.25, 0.3) is 22.0 Å². The normalized spacial score (nSPS) is 10.8. The molecule has 0 bridgehead atoms. The Morgan fingerprint density at radius 3 is 2.58 bits per heavy atom. The number of aryl methyl sites for hydroxylation is 1. The molecule has 1 N–H and O–H groups in total. The van der Waals surface area contributed by atoms with Gasteiger partial charge in [0.05, 0.1) is 5.52 Å². The summed E-state index contributed by atoms with van der Waals surface area (Å²) in [6.45, 7) is 0. The molecule has 0 spiro atoms. The maximum Gasteiger partial charge on any atom is 0.222 e. The third-order valence-corrected chi connectivity index (χ3v) is 3.25. The molecule has 5 nitrogen and oxygen atoms in total. The lowest BCUT2D eigenvalue weighted by Gasteiger charge is -2.02. The van der Waals surface area contributed by atoms with E-state index in [0.29, 0.717) is 5.39 Å². The van der Waals surface area contributed by atoms with Crippen molar-refractivity contribution in [2.24, 2.45) is 12.2 Å². The van der Waals surface area contributed by atoms with E-state index in [2.05, 4.69) is 10.2 Å². The fourth-order valence-corrected chi connectivity index (χ4v) is 2.23. The molecule has 3 rings (SSSR count). The van der Waals surface area contributed by atoms with Crippen LogP contribution in [0.15, 0.2) is 47.9 Å². The number of hydrogen-bond acceptors (Lipinski definition) is 4. The van der Waals surface area contributed by atoms with Gasteiger partial charge in [-0.2, -0.15) is 0 Å². The highest BCUT2D eigenvalue weighted by Crippen LogP contribution is 2.39. The Bertz CT molecular complexity index is 763. The van der Waals surface area contributed by atoms with Gasteiger partial charge in [0, 0.05) is 24.8 Å². The van der Waals surface area contributed by atoms with E-state index in [0.717, 1.165) is 16.6 Å². The Hall–Kier alpha value is -2.69. The molecule has 2 heterocycles. The van der Waals surface area contributed by atoms with Crippen LogP contribution in [0, 0.1) is 4.91 Å². The molecule has 0 fully saturated rings. The average molecular weight is 253 g/mol. The van der Waals surface area contributed by atoms with Gasteiger partial charge in [-0.05, 0) is 40.6 Å². The monoisotopic (exact) mass is 253 g/mol. The number of aromatic hydroxyl groups is 1. The van der Waals surface area contributed by atoms with Crippen molar-refractivity contribution in [1.29, 1.82) is 0 Å². The predicted molar refractivity (Wildman–Crippen MR) is 73.3 cm³/mol. The molecule has 2 aromatic heterocycles. The summed E-state index contributed by atoms with van der Waals surface area (Å²) < 4.78 is 1.54. The molecule has 3 aromatic rings. The molecule has 0 aliphatic rings. The number of benzene rings is 1. The van der Waals surface area contributed by atoms with Crippen molar-refractivity contribution in [2.45, 2.75) is 0 Å². The van der Waals surface area contributed by atoms with E-state index in [9.17, 15) is 10.0 Å². The van der Waals surface area contributed by atoms with E-state index >= 15 is 0 Å². The summed E-state index contributed by atoms with van der Waals surface area (Å²) in [6, 6.07) is 9.42. The summed E-state index contributed by atoms with van der Waals surface area (Å²) in [5.74, 6) is -0.114. The lowest BCUT2D eigenvalue weighted by Crippen LogP contribution is -1.85. The second kappa shape index (κ2) is 4.20. The van der Waals surface area contributed by atoms with E-state index in [1.807, 2.05) is 30.3 Å². The summed E-state index contributed by atoms with van der Waals surface area (Å²) in [4.78, 5) is 14.8. The first-order valence-corrected chi connectivity index (χ1v) is 5.77. The minimum atomic E-state index is -0.114. The predicted octanol–water partition coefficient (Wildman–Crippen LogP) is 3.34. The van der Waals surface area contributed by atoms with Crippen molar-refractivity contribution in [2.75, 3.05) is 0 Å². The molecule has 0 radical (unpaired) electrons. The van der Waals surface area contributed by atoms with E-state index in [1.54, 1.807) is 24.0 Å². The molecule has 0 aliphatic heterocycles. The molecule has 0 amide bonds. The largest absolute Gasteiger partial charge is 0.493 e. The Labute approximate surface area is 109 Å². The van der Waals surface area contributed by atoms with Gasteiger partial charge in [0.1, 0.15) is 0 Å². The highest BCUT2D eigenvalue weighted by Gasteiger charge is 2.15. The molecule has 5 heteroatoms. The van der Waals surface area contributed by atoms with Crippen LogP contribution in [-0.4, -0.2) is 14.7 Å². The van der Waals surface area contributed by atoms with Gasteiger partial charge in [0.25, 0.3) is 0 Å². The number of hydrogen-bond donors (Lipinski definition) is 1. The average Bonchev–Trinajstić information content (AvgIpc) is 2.71. The standard InChI is InChI=1S/C14H11N3O2/c1-17-12-3-2-10(9-4-6-15-7-5-9)8-11(12)13(16-19)14(17)18/h2-8,18H,1H3. The van der Waals surface area contributed by atoms with Gasteiger partial charge in [0.2, 0.25) is 5.88 Å². The number of nitroso groups, excluding NO2 is 1. The second-order valence-corrected chi connectivity index (χ2v) is 4.29. The topological polar surface area (TPSA) is 67.5 Å². The van der Waals surface area contributed by atoms with Crippen molar-refractivity contribution in [1.82, 2.24) is 9.55 Å². The van der Waals surface area contributed by atoms with Crippen molar-refractivity contribution >= 4 is 16.6 Å². The quantitative estimate of drug-likeness (QED) is 0.712. The molecule has 94 valence electrons. The summed E-state index contributed by atoms with van der Waals surface area (Å²) >= 11 is 0. The Morgan fingerprint density at radius 2 is 1.89 bits per heavy atom. The smallest absolute Gasteiger partial charge is 0.222 e. The second-order valence-electron chi connectivity index (χ2n) is 4.29. The summed E-state index contributed by atoms with van der Waals surface area (Å²) in [5, 5.41) is 13.4. The Balaban J connectivity index is 2.29. The van der Waals surface area contributed by atoms with Crippen molar-refractivity contribution < 1.29 is 5.11 Å². The highest BCUT2D eigenvalue weighted by atomic mass is 16.3. The molecule has 0 aliphatic carbocycles. The fraction of sp³-hybridized carbons (Fsp3) is 0.0714. The SMILES string of the molecule is Cn1c(O)c(N=O)c2cc(-c3ccncc3)ccc21. The zero-order valence-electron chi connectivity index (χ0n) is 10.2. The zero-order valence-corrected chi connectivity index (χ0v) is 10.2. The molecule has 1 aromatic carbocycles. The van der Waals surface area contributed by atoms with E-state index in [4.69, 9.17) is 0 Å². The molecule has 0 atom stereocenters. The zero-order chi connectivity index (χ0) is 13.4. The molecular formula is C14H11N3O2. The van der Waals surface area contributed by atoms with Crippen LogP contribution in [0.1, 0.15) is 0 Å². The first-order chi connectivity index (χ1) is 9.22. The van der Waals surface area contributed by atoms with Gasteiger partial charge >= 0.3 is 0 Å². The van der Waals surface area contributed by atoms with Gasteiger partial charge in [-0.15, -0.1) is 4.91 Å². The lowest BCUT2D eigenvalue weighted by molar-refractivity contribution is 0.437. The third-order valence-electron chi connectivity index (χ3n) is 3.25. The maximum atomic E-state index is 10.9. The summed E-state index contributed by atoms with van der Waals surface area (Å²) in [7, 11) is 1.69. The molecule has 0 unspecified atom stereocenters. The van der Waals surface area contributed by atoms with Gasteiger partial charge in [-0.3, -0.25) is 4.98 Å². The number of pyridine rings is 1. The van der Waals surface area contributed by atoms with Gasteiger partial charge in [0.15, 0.2) is 5.69 Å². The number of fused-ring (bicyclic) bond motifs is 1. The van der Waals surface area contributed by atoms with Crippen molar-refractivity contribution in [3.05, 3.63) is 47.6 Å². The Kier molecular flexibility index (Phi) is 2.52. The van der Waals surface area contributed by atoms with Crippen LogP contribution < -0.4 is 0 Å². The Morgan fingerprint density at radius 1 is 1.16 bits per heavy atom. The highest BCUT2D eigenvalue weighted by molar-refractivity contribution is 5.97. The van der Waals surface area contributed by atoms with Crippen LogP contribution >= 0.6 is 0 Å². The minimum absolute atomic E-state index is 0.0772. The van der Waals surface area contributed by atoms with E-state index in [1.165, 1.54) is 0 Å². The molecular weight excluding hydrogens is 242 g/mol. The first kappa shape index (κ1) is 11.4. The van der Waals surface area contributed by atoms with Crippen LogP contribution in [0.3, 0.4) is 0 Å². The van der Waals surface area contributed by atoms with Crippen LogP contribution in [0.5, 0.6) is 5.88 Å². The van der Waals surface area contributed by atoms with Gasteiger partial charge < -0.3 is 9.67 Å². The summed E-state index contributed by atoms with van der Waals surface area (Å²) in [6.07, 6.45) is 3.42. The molecule has 0 saturated heterocycles. The maximum absolute atomic E-state index is 10.9. The lowest BCUT2D eigenvalue weighted by atomic mass is 10.1. The van der Waals surface area contributed by atoms with Crippen LogP contribution in [0.4, 0.5) is 5.69 Å². The summed E-state index contributed by atoms with van der Waals surface area (Å²) in [5.41, 5.74) is 2.79. The molecule has 0 saturated carbocycles. The third kappa shape index (κ3) is 1.67.